The minimum absolute atomic E-state index is 0.822. The summed E-state index contributed by atoms with van der Waals surface area (Å²) in [7, 11) is 1.83. The van der Waals surface area contributed by atoms with Crippen LogP contribution in [0.4, 0.5) is 0 Å². The van der Waals surface area contributed by atoms with Crippen LogP contribution in [-0.2, 0) is 7.05 Å². The fourth-order valence-corrected chi connectivity index (χ4v) is 4.06. The van der Waals surface area contributed by atoms with Gasteiger partial charge in [0.1, 0.15) is 18.5 Å². The van der Waals surface area contributed by atoms with Gasteiger partial charge in [-0.25, -0.2) is 29.9 Å². The van der Waals surface area contributed by atoms with E-state index in [0.29, 0.717) is 0 Å². The van der Waals surface area contributed by atoms with E-state index in [1.807, 2.05) is 302 Å². The third-order valence-electron chi connectivity index (χ3n) is 7.79. The summed E-state index contributed by atoms with van der Waals surface area (Å²) in [6.07, 6.45) is 35.9. The van der Waals surface area contributed by atoms with Crippen molar-refractivity contribution in [2.45, 2.75) is 222 Å². The highest BCUT2D eigenvalue weighted by molar-refractivity contribution is 5.06. The maximum atomic E-state index is 3.98. The molecule has 11 rings (SSSR count). The number of hydrogen-bond acceptors (Lipinski definition) is 19. The predicted octanol–water partition coefficient (Wildman–Crippen LogP) is 20.1. The van der Waals surface area contributed by atoms with Crippen LogP contribution in [0.5, 0.6) is 0 Å². The molecule has 542 valence electrons. The monoisotopic (exact) mass is 1340 g/mol. The minimum Gasteiger partial charge on any atom is -0.265 e. The molecule has 0 saturated carbocycles. The molecular weight excluding hydrogens is 1210 g/mol. The molecule has 0 atom stereocenters. The lowest BCUT2D eigenvalue weighted by Gasteiger charge is -1.82. The fraction of sp³-hybridized carbons (Fsp3) is 0.434. The van der Waals surface area contributed by atoms with Crippen LogP contribution in [0.1, 0.15) is 209 Å². The average molecular weight is 1340 g/mol. The molecule has 0 aliphatic rings. The van der Waals surface area contributed by atoms with Gasteiger partial charge < -0.3 is 0 Å². The van der Waals surface area contributed by atoms with Crippen LogP contribution in [0, 0.1) is 69.2 Å². The van der Waals surface area contributed by atoms with Crippen LogP contribution in [0.15, 0.2) is 203 Å². The molecule has 0 aliphatic carbocycles. The van der Waals surface area contributed by atoms with Crippen molar-refractivity contribution in [1.82, 2.24) is 106 Å². The van der Waals surface area contributed by atoms with Gasteiger partial charge in [-0.05, 0) is 152 Å². The topological polar surface area (TPSA) is 266 Å². The van der Waals surface area contributed by atoms with Crippen molar-refractivity contribution in [1.29, 1.82) is 0 Å². The summed E-state index contributed by atoms with van der Waals surface area (Å²) in [4.78, 5) is 42.3. The Hall–Kier alpha value is -9.79. The summed E-state index contributed by atoms with van der Waals surface area (Å²) in [5.74, 6) is 0.822. The molecule has 1 N–H and O–H groups in total. The number of aromatic amines is 1. The first-order valence-electron chi connectivity index (χ1n) is 34.0. The van der Waals surface area contributed by atoms with Crippen LogP contribution in [0.2, 0.25) is 0 Å². The van der Waals surface area contributed by atoms with Gasteiger partial charge in [0.2, 0.25) is 0 Å². The SMILES string of the molecule is CC.CC.CC.CC.CC.CC.CC.CC.CC.CC.CC.Cc1ccccn1.Cc1cccnc1.Cc1cccnn1.Cc1ccncc1.Cc1ccncn1.Cc1ccnnc1.Cc1cn[nH]n1.Cc1cnccn1.Cc1cncnc1.Cc1ncccn1.Cn1ccnn1. The van der Waals surface area contributed by atoms with E-state index in [-0.39, 0.29) is 0 Å². The third-order valence-corrected chi connectivity index (χ3v) is 7.79. The molecule has 11 heterocycles. The Labute approximate surface area is 591 Å². The first-order chi connectivity index (χ1) is 47.3. The molecule has 0 fully saturated rings. The summed E-state index contributed by atoms with van der Waals surface area (Å²) in [6.45, 7) is 63.5. The highest BCUT2D eigenvalue weighted by Gasteiger charge is 1.80. The van der Waals surface area contributed by atoms with E-state index in [1.165, 1.54) is 23.8 Å². The summed E-state index contributed by atoms with van der Waals surface area (Å²) in [5.41, 5.74) is 9.65. The van der Waals surface area contributed by atoms with Gasteiger partial charge in [0, 0.05) is 118 Å². The van der Waals surface area contributed by atoms with Gasteiger partial charge >= 0.3 is 0 Å². The Bertz CT molecular complexity index is 2270. The third kappa shape index (κ3) is 105. The summed E-state index contributed by atoms with van der Waals surface area (Å²) < 4.78 is 1.64. The van der Waals surface area contributed by atoms with Gasteiger partial charge in [0.25, 0.3) is 0 Å². The largest absolute Gasteiger partial charge is 0.265 e. The second kappa shape index (κ2) is 108. The quantitative estimate of drug-likeness (QED) is 0.148. The van der Waals surface area contributed by atoms with Crippen molar-refractivity contribution in [3.63, 3.8) is 0 Å². The zero-order chi connectivity index (χ0) is 76.8. The van der Waals surface area contributed by atoms with Crippen LogP contribution in [0.3, 0.4) is 0 Å². The normalized spacial score (nSPS) is 7.43. The first kappa shape index (κ1) is 112. The van der Waals surface area contributed by atoms with Gasteiger partial charge in [-0.3, -0.25) is 29.6 Å². The molecule has 0 saturated heterocycles. The van der Waals surface area contributed by atoms with E-state index in [0.717, 1.165) is 45.4 Å². The molecule has 21 heteroatoms. The molecule has 21 nitrogen and oxygen atoms in total. The van der Waals surface area contributed by atoms with Crippen molar-refractivity contribution < 1.29 is 0 Å². The Morgan fingerprint density at radius 1 is 0.278 bits per heavy atom. The molecule has 0 spiro atoms. The van der Waals surface area contributed by atoms with Crippen LogP contribution in [0.25, 0.3) is 0 Å². The Morgan fingerprint density at radius 2 is 0.773 bits per heavy atom. The summed E-state index contributed by atoms with van der Waals surface area (Å²) in [5, 5.41) is 31.4. The molecular formula is C76H133N21. The van der Waals surface area contributed by atoms with Gasteiger partial charge in [-0.2, -0.15) is 35.8 Å². The second-order valence-electron chi connectivity index (χ2n) is 14.9. The lowest BCUT2D eigenvalue weighted by Crippen LogP contribution is -1.85. The van der Waals surface area contributed by atoms with Crippen molar-refractivity contribution >= 4 is 0 Å². The number of nitrogens with one attached hydrogen (secondary N) is 1. The molecule has 0 unspecified atom stereocenters. The zero-order valence-corrected chi connectivity index (χ0v) is 66.5. The number of hydrogen-bond donors (Lipinski definition) is 1. The highest BCUT2D eigenvalue weighted by Crippen LogP contribution is 1.91. The molecule has 0 aliphatic heterocycles. The lowest BCUT2D eigenvalue weighted by atomic mass is 10.3. The van der Waals surface area contributed by atoms with Gasteiger partial charge in [-0.15, -0.1) is 5.10 Å². The molecule has 0 radical (unpaired) electrons. The summed E-state index contributed by atoms with van der Waals surface area (Å²) >= 11 is 0. The average Bonchev–Trinajstić information content (AvgIpc) is 4.46. The van der Waals surface area contributed by atoms with Crippen molar-refractivity contribution in [3.05, 3.63) is 260 Å². The van der Waals surface area contributed by atoms with Crippen LogP contribution >= 0.6 is 0 Å². The number of rotatable bonds is 0. The number of pyridine rings is 3. The van der Waals surface area contributed by atoms with E-state index in [4.69, 9.17) is 0 Å². The standard InChI is InChI=1S/3C6H7N.6C5H6N2.2C3H5N3.11C2H6/c1-6-2-4-7-5-3-6;1-6-3-2-4-7-5-6;1-6-4-2-3-5-7-6;1-5-2-6-4-7-3-5;1-5-4-6-2-3-7-5;1-5-2-3-6-4-7-5;1-5-2-3-6-7-4-5;1-5-6-3-2-4-7-5;1-5-3-2-4-6-7-5;1-6-3-2-4-5-6;1-3-2-4-6-5-3;11*1-2/h3*2-5H,1H3;6*2-4H,1H3;2-3H,1H3;2H,1H3,(H,4,5,6);11*1-2H3. The van der Waals surface area contributed by atoms with E-state index < -0.39 is 0 Å². The number of nitrogens with zero attached hydrogens (tertiary/aromatic N) is 20. The number of H-pyrrole nitrogens is 1. The lowest BCUT2D eigenvalue weighted by molar-refractivity contribution is 0.715. The fourth-order valence-electron chi connectivity index (χ4n) is 4.06. The predicted molar refractivity (Wildman–Crippen MR) is 414 cm³/mol. The van der Waals surface area contributed by atoms with Crippen LogP contribution in [-0.4, -0.2) is 106 Å². The number of aromatic nitrogens is 21. The molecule has 97 heavy (non-hydrogen) atoms. The molecule has 11 aromatic heterocycles. The maximum absolute atomic E-state index is 3.98. The number of aryl methyl sites for hydroxylation is 11. The Balaban J connectivity index is -0.0000000906. The molecule has 0 aromatic carbocycles. The summed E-state index contributed by atoms with van der Waals surface area (Å²) in [6, 6.07) is 23.1. The highest BCUT2D eigenvalue weighted by atomic mass is 15.4. The van der Waals surface area contributed by atoms with Gasteiger partial charge in [-0.1, -0.05) is 170 Å². The maximum Gasteiger partial charge on any atom is 0.125 e. The zero-order valence-electron chi connectivity index (χ0n) is 66.5. The molecule has 0 bridgehead atoms. The Kier molecular flexibility index (Phi) is 124. The second-order valence-corrected chi connectivity index (χ2v) is 14.9. The Morgan fingerprint density at radius 3 is 0.979 bits per heavy atom. The van der Waals surface area contributed by atoms with Gasteiger partial charge in [0.15, 0.2) is 0 Å². The van der Waals surface area contributed by atoms with E-state index >= 15 is 0 Å². The smallest absolute Gasteiger partial charge is 0.125 e. The van der Waals surface area contributed by atoms with Crippen molar-refractivity contribution in [2.24, 2.45) is 7.05 Å². The first-order valence-corrected chi connectivity index (χ1v) is 34.0. The van der Waals surface area contributed by atoms with E-state index in [1.54, 1.807) is 122 Å². The van der Waals surface area contributed by atoms with Crippen LogP contribution < -0.4 is 0 Å². The van der Waals surface area contributed by atoms with Crippen molar-refractivity contribution in [3.8, 4) is 0 Å². The minimum atomic E-state index is 0.822. The van der Waals surface area contributed by atoms with E-state index in [2.05, 4.69) is 101 Å². The van der Waals surface area contributed by atoms with Crippen molar-refractivity contribution in [2.75, 3.05) is 0 Å². The molecule has 0 amide bonds. The van der Waals surface area contributed by atoms with Gasteiger partial charge in [0.05, 0.1) is 35.7 Å². The van der Waals surface area contributed by atoms with E-state index in [9.17, 15) is 0 Å². The molecule has 11 aromatic rings.